The number of fused-ring (bicyclic) bond motifs is 8. The molecule has 0 fully saturated rings. The van der Waals surface area contributed by atoms with Crippen LogP contribution >= 0.6 is 0 Å². The third-order valence-corrected chi connectivity index (χ3v) is 14.9. The number of aromatic nitrogens is 1. The second kappa shape index (κ2) is 16.9. The maximum atomic E-state index is 7.09. The van der Waals surface area contributed by atoms with Gasteiger partial charge in [-0.3, -0.25) is 0 Å². The molecule has 0 radical (unpaired) electrons. The summed E-state index contributed by atoms with van der Waals surface area (Å²) >= 11 is 0. The van der Waals surface area contributed by atoms with E-state index in [4.69, 9.17) is 4.42 Å². The van der Waals surface area contributed by atoms with E-state index < -0.39 is 5.41 Å². The fourth-order valence-electron chi connectivity index (χ4n) is 11.6. The standard InChI is InChI=1S/C69H46N2O/c1-5-17-47(18-6-1)48-29-31-49(32-30-48)50-33-38-56(39-34-50)70(57-40-35-51(36-41-57)52-37-44-65-62(45-52)59-25-13-15-27-64(59)71(65)55-23-11-4-12-24-55)58-42-43-60-63(46-58)69(53-19-7-2-8-20-53,54-21-9-3-10-22-54)68-67(60)61-26-14-16-28-66(61)72-68/h1-46H. The molecule has 2 aromatic heterocycles. The van der Waals surface area contributed by atoms with E-state index in [1.807, 2.05) is 0 Å². The average molecular weight is 919 g/mol. The molecule has 0 bridgehead atoms. The molecule has 0 atom stereocenters. The first-order chi connectivity index (χ1) is 35.7. The maximum Gasteiger partial charge on any atom is 0.135 e. The van der Waals surface area contributed by atoms with Crippen molar-refractivity contribution < 1.29 is 4.42 Å². The van der Waals surface area contributed by atoms with Crippen molar-refractivity contribution in [2.24, 2.45) is 0 Å². The summed E-state index contributed by atoms with van der Waals surface area (Å²) < 4.78 is 9.46. The van der Waals surface area contributed by atoms with Crippen LogP contribution < -0.4 is 4.90 Å². The maximum absolute atomic E-state index is 7.09. The molecule has 0 saturated heterocycles. The molecule has 1 aliphatic carbocycles. The van der Waals surface area contributed by atoms with E-state index in [9.17, 15) is 0 Å². The Morgan fingerprint density at radius 3 is 1.42 bits per heavy atom. The van der Waals surface area contributed by atoms with Crippen LogP contribution in [0.4, 0.5) is 17.1 Å². The monoisotopic (exact) mass is 918 g/mol. The number of furan rings is 1. The van der Waals surface area contributed by atoms with Crippen molar-refractivity contribution in [2.75, 3.05) is 4.90 Å². The minimum Gasteiger partial charge on any atom is -0.459 e. The lowest BCUT2D eigenvalue weighted by Crippen LogP contribution is -2.28. The highest BCUT2D eigenvalue weighted by molar-refractivity contribution is 6.10. The van der Waals surface area contributed by atoms with Crippen LogP contribution in [0.2, 0.25) is 0 Å². The van der Waals surface area contributed by atoms with Crippen LogP contribution in [0, 0.1) is 0 Å². The zero-order valence-electron chi connectivity index (χ0n) is 39.4. The highest BCUT2D eigenvalue weighted by Gasteiger charge is 2.50. The second-order valence-electron chi connectivity index (χ2n) is 18.8. The molecular formula is C69H46N2O. The number of anilines is 3. The second-order valence-corrected chi connectivity index (χ2v) is 18.8. The van der Waals surface area contributed by atoms with Gasteiger partial charge >= 0.3 is 0 Å². The quantitative estimate of drug-likeness (QED) is 0.144. The lowest BCUT2D eigenvalue weighted by molar-refractivity contribution is 0.502. The van der Waals surface area contributed by atoms with Crippen molar-refractivity contribution in [1.29, 1.82) is 0 Å². The van der Waals surface area contributed by atoms with E-state index in [0.717, 1.165) is 67.3 Å². The minimum absolute atomic E-state index is 0.713. The van der Waals surface area contributed by atoms with Crippen molar-refractivity contribution in [3.8, 4) is 50.2 Å². The van der Waals surface area contributed by atoms with Gasteiger partial charge in [-0.15, -0.1) is 0 Å². The summed E-state index contributed by atoms with van der Waals surface area (Å²) in [6.07, 6.45) is 0. The molecule has 0 saturated carbocycles. The number of nitrogens with zero attached hydrogens (tertiary/aromatic N) is 2. The first-order valence-electron chi connectivity index (χ1n) is 24.7. The summed E-state index contributed by atoms with van der Waals surface area (Å²) in [5.41, 5.74) is 19.9. The molecule has 0 spiro atoms. The van der Waals surface area contributed by atoms with E-state index in [0.29, 0.717) is 0 Å². The Labute approximate surface area is 418 Å². The molecular weight excluding hydrogens is 873 g/mol. The molecule has 338 valence electrons. The Kier molecular flexibility index (Phi) is 9.75. The van der Waals surface area contributed by atoms with Gasteiger partial charge in [0.15, 0.2) is 0 Å². The van der Waals surface area contributed by atoms with E-state index in [-0.39, 0.29) is 0 Å². The fraction of sp³-hybridized carbons (Fsp3) is 0.0145. The summed E-state index contributed by atoms with van der Waals surface area (Å²) in [6, 6.07) is 101. The van der Waals surface area contributed by atoms with E-state index in [1.54, 1.807) is 0 Å². The average Bonchev–Trinajstić information content (AvgIpc) is 4.10. The van der Waals surface area contributed by atoms with Gasteiger partial charge in [-0.2, -0.15) is 0 Å². The molecule has 0 amide bonds. The lowest BCUT2D eigenvalue weighted by Gasteiger charge is -2.33. The summed E-state index contributed by atoms with van der Waals surface area (Å²) in [5, 5.41) is 3.60. The Morgan fingerprint density at radius 2 is 0.792 bits per heavy atom. The molecule has 13 aromatic rings. The number of benzene rings is 11. The fourth-order valence-corrected chi connectivity index (χ4v) is 11.6. The zero-order chi connectivity index (χ0) is 47.6. The van der Waals surface area contributed by atoms with Crippen molar-refractivity contribution >= 4 is 49.8 Å². The van der Waals surface area contributed by atoms with Gasteiger partial charge in [-0.05, 0) is 128 Å². The van der Waals surface area contributed by atoms with Gasteiger partial charge in [-0.1, -0.05) is 206 Å². The van der Waals surface area contributed by atoms with Gasteiger partial charge < -0.3 is 13.9 Å². The largest absolute Gasteiger partial charge is 0.459 e. The normalized spacial score (nSPS) is 12.6. The van der Waals surface area contributed by atoms with Gasteiger partial charge in [0, 0.05) is 44.5 Å². The molecule has 3 nitrogen and oxygen atoms in total. The molecule has 14 rings (SSSR count). The number of rotatable bonds is 9. The van der Waals surface area contributed by atoms with Crippen LogP contribution in [0.1, 0.15) is 22.5 Å². The van der Waals surface area contributed by atoms with Gasteiger partial charge in [0.05, 0.1) is 11.0 Å². The highest BCUT2D eigenvalue weighted by Crippen LogP contribution is 2.60. The van der Waals surface area contributed by atoms with Crippen LogP contribution in [-0.2, 0) is 5.41 Å². The summed E-state index contributed by atoms with van der Waals surface area (Å²) in [5.74, 6) is 0.954. The SMILES string of the molecule is c1ccc(-c2ccc(-c3ccc(N(c4ccc(-c5ccc6c(c5)c5ccccc5n6-c5ccccc5)cc4)c4ccc5c(c4)C(c4ccccc4)(c4ccccc4)c4oc6ccccc6c4-5)cc3)cc2)cc1. The Balaban J connectivity index is 0.922. The smallest absolute Gasteiger partial charge is 0.135 e. The number of hydrogen-bond acceptors (Lipinski definition) is 2. The van der Waals surface area contributed by atoms with Crippen molar-refractivity contribution in [3.05, 3.63) is 302 Å². The summed E-state index contributed by atoms with van der Waals surface area (Å²) in [6.45, 7) is 0. The molecule has 0 aliphatic heterocycles. The third kappa shape index (κ3) is 6.59. The zero-order valence-corrected chi connectivity index (χ0v) is 39.4. The predicted octanol–water partition coefficient (Wildman–Crippen LogP) is 18.4. The number of hydrogen-bond donors (Lipinski definition) is 0. The van der Waals surface area contributed by atoms with Crippen LogP contribution in [0.15, 0.2) is 283 Å². The number of para-hydroxylation sites is 3. The van der Waals surface area contributed by atoms with Gasteiger partial charge in [-0.25, -0.2) is 0 Å². The van der Waals surface area contributed by atoms with Crippen LogP contribution in [0.5, 0.6) is 0 Å². The molecule has 72 heavy (non-hydrogen) atoms. The predicted molar refractivity (Wildman–Crippen MR) is 299 cm³/mol. The third-order valence-electron chi connectivity index (χ3n) is 14.9. The molecule has 0 unspecified atom stereocenters. The molecule has 2 heterocycles. The van der Waals surface area contributed by atoms with Gasteiger partial charge in [0.25, 0.3) is 0 Å². The Hall–Kier alpha value is -9.44. The van der Waals surface area contributed by atoms with E-state index in [2.05, 4.69) is 289 Å². The molecule has 1 aliphatic rings. The highest BCUT2D eigenvalue weighted by atomic mass is 16.3. The minimum atomic E-state index is -0.713. The Bertz CT molecular complexity index is 4060. The van der Waals surface area contributed by atoms with Gasteiger partial charge in [0.1, 0.15) is 16.8 Å². The molecule has 3 heteroatoms. The summed E-state index contributed by atoms with van der Waals surface area (Å²) in [4.78, 5) is 2.40. The molecule has 11 aromatic carbocycles. The van der Waals surface area contributed by atoms with Gasteiger partial charge in [0.2, 0.25) is 0 Å². The van der Waals surface area contributed by atoms with E-state index >= 15 is 0 Å². The van der Waals surface area contributed by atoms with Crippen LogP contribution in [0.25, 0.3) is 83.0 Å². The lowest BCUT2D eigenvalue weighted by atomic mass is 9.70. The molecule has 0 N–H and O–H groups in total. The van der Waals surface area contributed by atoms with Crippen LogP contribution in [0.3, 0.4) is 0 Å². The summed E-state index contributed by atoms with van der Waals surface area (Å²) in [7, 11) is 0. The Morgan fingerprint density at radius 1 is 0.333 bits per heavy atom. The van der Waals surface area contributed by atoms with E-state index in [1.165, 1.54) is 55.2 Å². The first kappa shape index (κ1) is 41.5. The first-order valence-corrected chi connectivity index (χ1v) is 24.7. The van der Waals surface area contributed by atoms with Crippen molar-refractivity contribution in [2.45, 2.75) is 5.41 Å². The topological polar surface area (TPSA) is 21.3 Å². The van der Waals surface area contributed by atoms with Crippen molar-refractivity contribution in [3.63, 3.8) is 0 Å². The van der Waals surface area contributed by atoms with Crippen LogP contribution in [-0.4, -0.2) is 4.57 Å². The van der Waals surface area contributed by atoms with Crippen molar-refractivity contribution in [1.82, 2.24) is 4.57 Å².